The number of thiophene rings is 1. The zero-order valence-corrected chi connectivity index (χ0v) is 16.9. The Morgan fingerprint density at radius 1 is 1.30 bits per heavy atom. The molecule has 9 nitrogen and oxygen atoms in total. The van der Waals surface area contributed by atoms with Gasteiger partial charge in [-0.1, -0.05) is 11.8 Å². The molecule has 0 fully saturated rings. The Kier molecular flexibility index (Phi) is 5.90. The fourth-order valence-corrected chi connectivity index (χ4v) is 4.66. The first kappa shape index (κ1) is 19.5. The number of amides is 2. The highest BCUT2D eigenvalue weighted by atomic mass is 32.2. The molecule has 2 amide bonds. The van der Waals surface area contributed by atoms with Crippen LogP contribution in [-0.2, 0) is 22.4 Å². The number of nitrogens with zero attached hydrogens (tertiary/aromatic N) is 3. The molecule has 0 aromatic carbocycles. The molecular weight excluding hydrogens is 392 g/mol. The summed E-state index contributed by atoms with van der Waals surface area (Å²) in [5, 5.41) is 0.842. The zero-order valence-electron chi connectivity index (χ0n) is 15.2. The summed E-state index contributed by atoms with van der Waals surface area (Å²) in [5.41, 5.74) is 2.97. The summed E-state index contributed by atoms with van der Waals surface area (Å²) >= 11 is 2.64. The Morgan fingerprint density at radius 2 is 2.04 bits per heavy atom. The van der Waals surface area contributed by atoms with E-state index in [2.05, 4.69) is 10.4 Å². The van der Waals surface area contributed by atoms with Crippen LogP contribution in [-0.4, -0.2) is 52.8 Å². The van der Waals surface area contributed by atoms with Crippen molar-refractivity contribution in [2.24, 2.45) is 0 Å². The first-order chi connectivity index (χ1) is 13.0. The number of carbonyl (C=O) groups excluding carboxylic acids is 2. The maximum Gasteiger partial charge on any atom is 0.426 e. The molecular formula is C16H20N4O5S2. The number of fused-ring (bicyclic) bond motifs is 3. The van der Waals surface area contributed by atoms with E-state index in [0.29, 0.717) is 41.5 Å². The van der Waals surface area contributed by atoms with Crippen molar-refractivity contribution in [3.8, 4) is 0 Å². The van der Waals surface area contributed by atoms with Crippen molar-refractivity contribution in [2.75, 3.05) is 31.4 Å². The Balaban J connectivity index is 2.02. The molecule has 0 saturated heterocycles. The highest BCUT2D eigenvalue weighted by Gasteiger charge is 2.28. The van der Waals surface area contributed by atoms with E-state index >= 15 is 0 Å². The maximum atomic E-state index is 13.0. The molecule has 0 bridgehead atoms. The van der Waals surface area contributed by atoms with Crippen molar-refractivity contribution >= 4 is 45.5 Å². The second-order valence-corrected chi connectivity index (χ2v) is 7.48. The maximum absolute atomic E-state index is 13.0. The van der Waals surface area contributed by atoms with Gasteiger partial charge in [0.25, 0.3) is 5.56 Å². The van der Waals surface area contributed by atoms with Gasteiger partial charge in [-0.05, 0) is 32.1 Å². The van der Waals surface area contributed by atoms with Gasteiger partial charge < -0.3 is 14.4 Å². The Hall–Kier alpha value is -2.27. The summed E-state index contributed by atoms with van der Waals surface area (Å²) in [6.07, 6.45) is 1.23. The van der Waals surface area contributed by atoms with Crippen molar-refractivity contribution in [3.05, 3.63) is 20.8 Å². The van der Waals surface area contributed by atoms with Gasteiger partial charge in [0.15, 0.2) is 5.16 Å². The van der Waals surface area contributed by atoms with E-state index in [1.54, 1.807) is 25.0 Å². The standard InChI is InChI=1S/C16H20N4O5S2/c1-4-24-15(22)18-20-13(21)11-9-6-7-19(16(23)25-5-2)8-10(9)27-12(11)17-14(20)26-3/h4-8H2,1-3H3,(H,18,22). The smallest absolute Gasteiger partial charge is 0.426 e. The molecule has 0 saturated carbocycles. The van der Waals surface area contributed by atoms with E-state index in [0.717, 1.165) is 15.1 Å². The lowest BCUT2D eigenvalue weighted by molar-refractivity contribution is 0.103. The van der Waals surface area contributed by atoms with Gasteiger partial charge in [-0.2, -0.15) is 4.68 Å². The van der Waals surface area contributed by atoms with E-state index in [4.69, 9.17) is 9.47 Å². The minimum absolute atomic E-state index is 0.197. The fourth-order valence-electron chi connectivity index (χ4n) is 2.88. The van der Waals surface area contributed by atoms with Gasteiger partial charge in [0.1, 0.15) is 4.83 Å². The monoisotopic (exact) mass is 412 g/mol. The lowest BCUT2D eigenvalue weighted by atomic mass is 10.1. The summed E-state index contributed by atoms with van der Waals surface area (Å²) in [6.45, 7) is 4.81. The van der Waals surface area contributed by atoms with E-state index in [-0.39, 0.29) is 18.3 Å². The number of aromatic nitrogens is 2. The number of rotatable bonds is 4. The first-order valence-corrected chi connectivity index (χ1v) is 10.5. The highest BCUT2D eigenvalue weighted by molar-refractivity contribution is 7.98. The van der Waals surface area contributed by atoms with E-state index in [1.807, 2.05) is 0 Å². The zero-order chi connectivity index (χ0) is 19.6. The topological polar surface area (TPSA) is 103 Å². The van der Waals surface area contributed by atoms with Crippen molar-refractivity contribution in [1.29, 1.82) is 0 Å². The van der Waals surface area contributed by atoms with Gasteiger partial charge in [0, 0.05) is 11.4 Å². The highest BCUT2D eigenvalue weighted by Crippen LogP contribution is 2.33. The second-order valence-electron chi connectivity index (χ2n) is 5.63. The van der Waals surface area contributed by atoms with Crippen molar-refractivity contribution in [2.45, 2.75) is 32.0 Å². The summed E-state index contributed by atoms with van der Waals surface area (Å²) < 4.78 is 11.1. The molecule has 1 N–H and O–H groups in total. The van der Waals surface area contributed by atoms with E-state index in [9.17, 15) is 14.4 Å². The van der Waals surface area contributed by atoms with Crippen LogP contribution in [0.15, 0.2) is 9.95 Å². The lowest BCUT2D eigenvalue weighted by Gasteiger charge is -2.25. The molecule has 0 aliphatic carbocycles. The molecule has 0 spiro atoms. The number of hydrogen-bond donors (Lipinski definition) is 1. The van der Waals surface area contributed by atoms with Crippen LogP contribution in [0.1, 0.15) is 24.3 Å². The molecule has 3 heterocycles. The lowest BCUT2D eigenvalue weighted by Crippen LogP contribution is -2.37. The van der Waals surface area contributed by atoms with Gasteiger partial charge in [0.05, 0.1) is 25.1 Å². The van der Waals surface area contributed by atoms with Crippen LogP contribution in [0.5, 0.6) is 0 Å². The average molecular weight is 412 g/mol. The summed E-state index contributed by atoms with van der Waals surface area (Å²) in [5.74, 6) is 0. The third-order valence-corrected chi connectivity index (χ3v) is 5.78. The summed E-state index contributed by atoms with van der Waals surface area (Å²) in [4.78, 5) is 44.5. The van der Waals surface area contributed by atoms with E-state index < -0.39 is 6.09 Å². The third kappa shape index (κ3) is 3.74. The largest absolute Gasteiger partial charge is 0.450 e. The van der Waals surface area contributed by atoms with Gasteiger partial charge in [-0.15, -0.1) is 11.3 Å². The molecule has 11 heteroatoms. The molecule has 1 aliphatic rings. The second kappa shape index (κ2) is 8.17. The van der Waals surface area contributed by atoms with Crippen molar-refractivity contribution < 1.29 is 19.1 Å². The molecule has 0 radical (unpaired) electrons. The molecule has 2 aromatic rings. The van der Waals surface area contributed by atoms with Gasteiger partial charge in [-0.3, -0.25) is 4.79 Å². The predicted molar refractivity (Wildman–Crippen MR) is 103 cm³/mol. The Labute approximate surface area is 163 Å². The minimum atomic E-state index is -0.714. The number of thioether (sulfide) groups is 1. The molecule has 0 unspecified atom stereocenters. The minimum Gasteiger partial charge on any atom is -0.450 e. The number of carbonyl (C=O) groups is 2. The quantitative estimate of drug-likeness (QED) is 0.607. The normalized spacial score (nSPS) is 13.4. The van der Waals surface area contributed by atoms with Gasteiger partial charge in [0.2, 0.25) is 0 Å². The van der Waals surface area contributed by atoms with Crippen molar-refractivity contribution in [1.82, 2.24) is 14.6 Å². The van der Waals surface area contributed by atoms with E-state index in [1.165, 1.54) is 23.1 Å². The Bertz CT molecular complexity index is 939. The SMILES string of the molecule is CCOC(=O)Nn1c(SC)nc2sc3c(c2c1=O)CCN(C(=O)OCC)C3. The van der Waals surface area contributed by atoms with Crippen LogP contribution >= 0.6 is 23.1 Å². The van der Waals surface area contributed by atoms with Crippen LogP contribution in [0, 0.1) is 0 Å². The van der Waals surface area contributed by atoms with Crippen LogP contribution in [0.4, 0.5) is 9.59 Å². The van der Waals surface area contributed by atoms with Crippen molar-refractivity contribution in [3.63, 3.8) is 0 Å². The molecule has 0 atom stereocenters. The third-order valence-electron chi connectivity index (χ3n) is 4.03. The number of nitrogens with one attached hydrogen (secondary N) is 1. The molecule has 146 valence electrons. The van der Waals surface area contributed by atoms with Crippen LogP contribution in [0.25, 0.3) is 10.2 Å². The van der Waals surface area contributed by atoms with Gasteiger partial charge >= 0.3 is 12.2 Å². The fraction of sp³-hybridized carbons (Fsp3) is 0.500. The molecule has 2 aromatic heterocycles. The molecule has 3 rings (SSSR count). The van der Waals surface area contributed by atoms with Gasteiger partial charge in [-0.25, -0.2) is 20.0 Å². The van der Waals surface area contributed by atoms with Crippen LogP contribution in [0.3, 0.4) is 0 Å². The average Bonchev–Trinajstić information content (AvgIpc) is 3.01. The summed E-state index contributed by atoms with van der Waals surface area (Å²) in [6, 6.07) is 0. The molecule has 27 heavy (non-hydrogen) atoms. The number of ether oxygens (including phenoxy) is 2. The number of hydrogen-bond acceptors (Lipinski definition) is 8. The Morgan fingerprint density at radius 3 is 2.70 bits per heavy atom. The molecule has 1 aliphatic heterocycles. The summed E-state index contributed by atoms with van der Waals surface area (Å²) in [7, 11) is 0. The predicted octanol–water partition coefficient (Wildman–Crippen LogP) is 2.39. The van der Waals surface area contributed by atoms with Crippen LogP contribution in [0.2, 0.25) is 0 Å². The van der Waals surface area contributed by atoms with Crippen LogP contribution < -0.4 is 11.0 Å². The first-order valence-electron chi connectivity index (χ1n) is 8.46.